The number of hydrogen-bond donors (Lipinski definition) is 0. The zero-order valence-electron chi connectivity index (χ0n) is 8.55. The van der Waals surface area contributed by atoms with Crippen LogP contribution in [-0.4, -0.2) is 16.2 Å². The molecule has 0 N–H and O–H groups in total. The standard InChI is InChI=1S/C11H9FN2OS/c1-16-9-5-3-2-4-8(9)15-11-6-10(12)13-7-14-11/h2-7H,1H3. The van der Waals surface area contributed by atoms with Crippen molar-refractivity contribution < 1.29 is 9.13 Å². The second-order valence-electron chi connectivity index (χ2n) is 2.93. The van der Waals surface area contributed by atoms with Crippen molar-refractivity contribution in [1.29, 1.82) is 0 Å². The van der Waals surface area contributed by atoms with Gasteiger partial charge in [0.05, 0.1) is 6.07 Å². The van der Waals surface area contributed by atoms with Crippen LogP contribution in [0.25, 0.3) is 0 Å². The number of aromatic nitrogens is 2. The van der Waals surface area contributed by atoms with Crippen LogP contribution in [0.1, 0.15) is 0 Å². The molecule has 0 saturated carbocycles. The van der Waals surface area contributed by atoms with Crippen molar-refractivity contribution in [3.8, 4) is 11.6 Å². The molecule has 0 radical (unpaired) electrons. The number of nitrogens with zero attached hydrogens (tertiary/aromatic N) is 2. The molecule has 16 heavy (non-hydrogen) atoms. The summed E-state index contributed by atoms with van der Waals surface area (Å²) in [7, 11) is 0. The van der Waals surface area contributed by atoms with Gasteiger partial charge >= 0.3 is 0 Å². The van der Waals surface area contributed by atoms with Crippen molar-refractivity contribution >= 4 is 11.8 Å². The molecule has 0 unspecified atom stereocenters. The highest BCUT2D eigenvalue weighted by molar-refractivity contribution is 7.98. The van der Waals surface area contributed by atoms with E-state index in [1.807, 2.05) is 30.5 Å². The van der Waals surface area contributed by atoms with Gasteiger partial charge in [0.15, 0.2) is 0 Å². The molecular formula is C11H9FN2OS. The highest BCUT2D eigenvalue weighted by Crippen LogP contribution is 2.30. The molecule has 0 fully saturated rings. The molecule has 0 saturated heterocycles. The van der Waals surface area contributed by atoms with Gasteiger partial charge < -0.3 is 4.74 Å². The van der Waals surface area contributed by atoms with E-state index < -0.39 is 5.95 Å². The van der Waals surface area contributed by atoms with Crippen LogP contribution in [0, 0.1) is 5.95 Å². The molecule has 5 heteroatoms. The van der Waals surface area contributed by atoms with Crippen LogP contribution in [0.15, 0.2) is 41.6 Å². The first-order valence-electron chi connectivity index (χ1n) is 4.58. The van der Waals surface area contributed by atoms with E-state index in [0.29, 0.717) is 5.75 Å². The Morgan fingerprint density at radius 3 is 2.81 bits per heavy atom. The van der Waals surface area contributed by atoms with E-state index in [4.69, 9.17) is 4.74 Å². The fraction of sp³-hybridized carbons (Fsp3) is 0.0909. The van der Waals surface area contributed by atoms with E-state index in [9.17, 15) is 4.39 Å². The first-order chi connectivity index (χ1) is 7.79. The normalized spacial score (nSPS) is 10.1. The Morgan fingerprint density at radius 2 is 2.06 bits per heavy atom. The van der Waals surface area contributed by atoms with Crippen LogP contribution < -0.4 is 4.74 Å². The lowest BCUT2D eigenvalue weighted by Crippen LogP contribution is -1.92. The van der Waals surface area contributed by atoms with Crippen molar-refractivity contribution in [3.05, 3.63) is 42.6 Å². The third-order valence-electron chi connectivity index (χ3n) is 1.89. The minimum atomic E-state index is -0.605. The largest absolute Gasteiger partial charge is 0.438 e. The minimum Gasteiger partial charge on any atom is -0.438 e. The molecule has 1 heterocycles. The Bertz CT molecular complexity index is 493. The highest BCUT2D eigenvalue weighted by atomic mass is 32.2. The Morgan fingerprint density at radius 1 is 1.25 bits per heavy atom. The fourth-order valence-corrected chi connectivity index (χ4v) is 1.71. The van der Waals surface area contributed by atoms with E-state index in [0.717, 1.165) is 17.3 Å². The third kappa shape index (κ3) is 2.49. The lowest BCUT2D eigenvalue weighted by Gasteiger charge is -2.07. The van der Waals surface area contributed by atoms with Gasteiger partial charge in [-0.25, -0.2) is 9.97 Å². The molecule has 0 aliphatic heterocycles. The van der Waals surface area contributed by atoms with Crippen molar-refractivity contribution in [3.63, 3.8) is 0 Å². The predicted octanol–water partition coefficient (Wildman–Crippen LogP) is 3.13. The Labute approximate surface area is 96.7 Å². The van der Waals surface area contributed by atoms with Crippen molar-refractivity contribution in [2.75, 3.05) is 6.26 Å². The molecule has 1 aromatic carbocycles. The first kappa shape index (κ1) is 10.9. The summed E-state index contributed by atoms with van der Waals surface area (Å²) in [4.78, 5) is 8.16. The molecule has 82 valence electrons. The quantitative estimate of drug-likeness (QED) is 0.605. The zero-order valence-corrected chi connectivity index (χ0v) is 9.37. The maximum Gasteiger partial charge on any atom is 0.225 e. The number of para-hydroxylation sites is 1. The van der Waals surface area contributed by atoms with E-state index in [2.05, 4.69) is 9.97 Å². The second-order valence-corrected chi connectivity index (χ2v) is 3.78. The third-order valence-corrected chi connectivity index (χ3v) is 2.67. The monoisotopic (exact) mass is 236 g/mol. The van der Waals surface area contributed by atoms with Crippen molar-refractivity contribution in [2.24, 2.45) is 0 Å². The van der Waals surface area contributed by atoms with E-state index in [1.165, 1.54) is 0 Å². The highest BCUT2D eigenvalue weighted by Gasteiger charge is 2.04. The van der Waals surface area contributed by atoms with Crippen LogP contribution in [0.3, 0.4) is 0 Å². The van der Waals surface area contributed by atoms with Gasteiger partial charge in [-0.1, -0.05) is 12.1 Å². The second kappa shape index (κ2) is 4.94. The molecule has 0 bridgehead atoms. The number of halogens is 1. The number of hydrogen-bond acceptors (Lipinski definition) is 4. The lowest BCUT2D eigenvalue weighted by molar-refractivity contribution is 0.441. The van der Waals surface area contributed by atoms with Crippen molar-refractivity contribution in [2.45, 2.75) is 4.90 Å². The average Bonchev–Trinajstić information content (AvgIpc) is 2.30. The van der Waals surface area contributed by atoms with Crippen LogP contribution in [0.4, 0.5) is 4.39 Å². The molecular weight excluding hydrogens is 227 g/mol. The van der Waals surface area contributed by atoms with Crippen LogP contribution in [0.5, 0.6) is 11.6 Å². The van der Waals surface area contributed by atoms with Crippen molar-refractivity contribution in [1.82, 2.24) is 9.97 Å². The van der Waals surface area contributed by atoms with Gasteiger partial charge in [-0.2, -0.15) is 4.39 Å². The van der Waals surface area contributed by atoms with Gasteiger partial charge in [0, 0.05) is 4.90 Å². The summed E-state index contributed by atoms with van der Waals surface area (Å²) in [6.45, 7) is 0. The van der Waals surface area contributed by atoms with Crippen LogP contribution >= 0.6 is 11.8 Å². The lowest BCUT2D eigenvalue weighted by atomic mass is 10.3. The summed E-state index contributed by atoms with van der Waals surface area (Å²) in [5.41, 5.74) is 0. The number of thioether (sulfide) groups is 1. The maximum atomic E-state index is 12.8. The molecule has 0 amide bonds. The summed E-state index contributed by atoms with van der Waals surface area (Å²) < 4.78 is 18.3. The van der Waals surface area contributed by atoms with E-state index in [-0.39, 0.29) is 5.88 Å². The molecule has 0 atom stereocenters. The molecule has 2 rings (SSSR count). The summed E-state index contributed by atoms with van der Waals surface area (Å²) in [6.07, 6.45) is 3.08. The molecule has 1 aromatic heterocycles. The molecule has 0 aliphatic rings. The number of rotatable bonds is 3. The first-order valence-corrected chi connectivity index (χ1v) is 5.80. The summed E-state index contributed by atoms with van der Waals surface area (Å²) >= 11 is 1.56. The topological polar surface area (TPSA) is 35.0 Å². The van der Waals surface area contributed by atoms with Gasteiger partial charge in [-0.05, 0) is 18.4 Å². The predicted molar refractivity (Wildman–Crippen MR) is 60.3 cm³/mol. The SMILES string of the molecule is CSc1ccccc1Oc1cc(F)ncn1. The Kier molecular flexibility index (Phi) is 3.36. The summed E-state index contributed by atoms with van der Waals surface area (Å²) in [6, 6.07) is 8.66. The smallest absolute Gasteiger partial charge is 0.225 e. The van der Waals surface area contributed by atoms with Gasteiger partial charge in [0.2, 0.25) is 11.8 Å². The number of benzene rings is 1. The Hall–Kier alpha value is -1.62. The maximum absolute atomic E-state index is 12.8. The van der Waals surface area contributed by atoms with E-state index in [1.54, 1.807) is 11.8 Å². The average molecular weight is 236 g/mol. The summed E-state index contributed by atoms with van der Waals surface area (Å²) in [5.74, 6) is 0.258. The molecule has 2 aromatic rings. The molecule has 3 nitrogen and oxygen atoms in total. The zero-order chi connectivity index (χ0) is 11.4. The summed E-state index contributed by atoms with van der Waals surface area (Å²) in [5, 5.41) is 0. The van der Waals surface area contributed by atoms with Crippen LogP contribution in [-0.2, 0) is 0 Å². The fourth-order valence-electron chi connectivity index (χ4n) is 1.19. The van der Waals surface area contributed by atoms with Gasteiger partial charge in [0.25, 0.3) is 0 Å². The van der Waals surface area contributed by atoms with Gasteiger partial charge in [-0.3, -0.25) is 0 Å². The Balaban J connectivity index is 2.26. The minimum absolute atomic E-state index is 0.203. The molecule has 0 aliphatic carbocycles. The van der Waals surface area contributed by atoms with Gasteiger partial charge in [-0.15, -0.1) is 11.8 Å². The van der Waals surface area contributed by atoms with E-state index >= 15 is 0 Å². The number of ether oxygens (including phenoxy) is 1. The molecule has 0 spiro atoms. The van der Waals surface area contributed by atoms with Crippen LogP contribution in [0.2, 0.25) is 0 Å². The van der Waals surface area contributed by atoms with Gasteiger partial charge in [0.1, 0.15) is 12.1 Å².